The van der Waals surface area contributed by atoms with E-state index in [1.54, 1.807) is 50.2 Å². The number of benzene rings is 3. The summed E-state index contributed by atoms with van der Waals surface area (Å²) in [4.78, 5) is 26.0. The molecule has 0 radical (unpaired) electrons. The van der Waals surface area contributed by atoms with Crippen LogP contribution >= 0.6 is 0 Å². The quantitative estimate of drug-likeness (QED) is 0.464. The topological polar surface area (TPSA) is 95.6 Å². The van der Waals surface area contributed by atoms with Gasteiger partial charge in [-0.3, -0.25) is 9.59 Å². The summed E-state index contributed by atoms with van der Waals surface area (Å²) < 4.78 is 26.7. The average Bonchev–Trinajstić information content (AvgIpc) is 2.85. The number of nitrogens with one attached hydrogen (secondary N) is 2. The number of anilines is 1. The van der Waals surface area contributed by atoms with E-state index in [1.165, 1.54) is 16.4 Å². The van der Waals surface area contributed by atoms with Crippen LogP contribution in [-0.2, 0) is 21.2 Å². The van der Waals surface area contributed by atoms with Crippen LogP contribution in [0.25, 0.3) is 0 Å². The van der Waals surface area contributed by atoms with Crippen molar-refractivity contribution in [3.8, 4) is 0 Å². The first-order valence-corrected chi connectivity index (χ1v) is 12.6. The number of sulfonamides is 1. The first-order valence-electron chi connectivity index (χ1n) is 11.2. The minimum atomic E-state index is -3.59. The molecule has 2 N–H and O–H groups in total. The van der Waals surface area contributed by atoms with Gasteiger partial charge >= 0.3 is 0 Å². The molecule has 3 rings (SSSR count). The van der Waals surface area contributed by atoms with E-state index in [9.17, 15) is 18.0 Å². The molecule has 0 saturated carbocycles. The molecule has 0 fully saturated rings. The minimum Gasteiger partial charge on any atom is -0.340 e. The lowest BCUT2D eigenvalue weighted by Crippen LogP contribution is -2.45. The van der Waals surface area contributed by atoms with E-state index in [1.807, 2.05) is 36.4 Å². The molecule has 0 aromatic heterocycles. The van der Waals surface area contributed by atoms with E-state index in [2.05, 4.69) is 10.6 Å². The standard InChI is InChI=1S/C26H29N3O4S/c1-3-29(4-2)34(32,33)23-17-15-22(16-18-23)27-26(31)24(19-20-11-7-5-8-12-20)28-25(30)21-13-9-6-10-14-21/h5-18,24H,3-4,19H2,1-2H3,(H,27,31)(H,28,30)/t24-/m1/s1. The summed E-state index contributed by atoms with van der Waals surface area (Å²) >= 11 is 0. The van der Waals surface area contributed by atoms with Gasteiger partial charge in [0.05, 0.1) is 4.90 Å². The van der Waals surface area contributed by atoms with Gasteiger partial charge in [-0.2, -0.15) is 4.31 Å². The maximum Gasteiger partial charge on any atom is 0.251 e. The number of rotatable bonds is 10. The first kappa shape index (κ1) is 25.1. The zero-order chi connectivity index (χ0) is 24.6. The van der Waals surface area contributed by atoms with Crippen molar-refractivity contribution in [1.82, 2.24) is 9.62 Å². The van der Waals surface area contributed by atoms with Crippen LogP contribution in [-0.4, -0.2) is 43.7 Å². The van der Waals surface area contributed by atoms with Crippen molar-refractivity contribution >= 4 is 27.5 Å². The molecule has 8 heteroatoms. The third-order valence-corrected chi connectivity index (χ3v) is 7.47. The molecule has 0 aliphatic heterocycles. The summed E-state index contributed by atoms with van der Waals surface area (Å²) in [6.07, 6.45) is 0.305. The van der Waals surface area contributed by atoms with E-state index in [0.717, 1.165) is 5.56 Å². The third-order valence-electron chi connectivity index (χ3n) is 5.41. The van der Waals surface area contributed by atoms with Gasteiger partial charge in [-0.15, -0.1) is 0 Å². The van der Waals surface area contributed by atoms with Crippen LogP contribution in [0.3, 0.4) is 0 Å². The first-order chi connectivity index (χ1) is 16.3. The smallest absolute Gasteiger partial charge is 0.251 e. The molecular formula is C26H29N3O4S. The molecule has 0 aliphatic rings. The summed E-state index contributed by atoms with van der Waals surface area (Å²) in [6.45, 7) is 4.32. The van der Waals surface area contributed by atoms with Crippen molar-refractivity contribution in [3.63, 3.8) is 0 Å². The monoisotopic (exact) mass is 479 g/mol. The molecule has 0 saturated heterocycles. The van der Waals surface area contributed by atoms with Gasteiger partial charge < -0.3 is 10.6 Å². The van der Waals surface area contributed by atoms with Gasteiger partial charge in [0, 0.05) is 30.8 Å². The molecule has 0 spiro atoms. The average molecular weight is 480 g/mol. The van der Waals surface area contributed by atoms with E-state index in [-0.39, 0.29) is 10.8 Å². The summed E-state index contributed by atoms with van der Waals surface area (Å²) in [5.41, 5.74) is 1.80. The van der Waals surface area contributed by atoms with Crippen molar-refractivity contribution in [2.75, 3.05) is 18.4 Å². The molecule has 1 atom stereocenters. The summed E-state index contributed by atoms with van der Waals surface area (Å²) in [6, 6.07) is 23.3. The van der Waals surface area contributed by atoms with E-state index in [4.69, 9.17) is 0 Å². The summed E-state index contributed by atoms with van der Waals surface area (Å²) in [7, 11) is -3.59. The lowest BCUT2D eigenvalue weighted by Gasteiger charge is -2.20. The Morgan fingerprint density at radius 3 is 1.94 bits per heavy atom. The molecule has 2 amide bonds. The Morgan fingerprint density at radius 1 is 0.824 bits per heavy atom. The second-order valence-corrected chi connectivity index (χ2v) is 9.62. The van der Waals surface area contributed by atoms with E-state index in [0.29, 0.717) is 30.8 Å². The Labute approximate surface area is 200 Å². The zero-order valence-corrected chi connectivity index (χ0v) is 20.1. The van der Waals surface area contributed by atoms with Gasteiger partial charge in [-0.1, -0.05) is 62.4 Å². The molecule has 3 aromatic rings. The SMILES string of the molecule is CCN(CC)S(=O)(=O)c1ccc(NC(=O)[C@@H](Cc2ccccc2)NC(=O)c2ccccc2)cc1. The lowest BCUT2D eigenvalue weighted by atomic mass is 10.0. The van der Waals surface area contributed by atoms with Gasteiger partial charge in [0.25, 0.3) is 5.91 Å². The Kier molecular flexibility index (Phi) is 8.56. The van der Waals surface area contributed by atoms with Gasteiger partial charge in [0.1, 0.15) is 6.04 Å². The van der Waals surface area contributed by atoms with E-state index < -0.39 is 22.0 Å². The van der Waals surface area contributed by atoms with Crippen LogP contribution in [0.2, 0.25) is 0 Å². The molecule has 7 nitrogen and oxygen atoms in total. The van der Waals surface area contributed by atoms with E-state index >= 15 is 0 Å². The maximum absolute atomic E-state index is 13.1. The van der Waals surface area contributed by atoms with Crippen molar-refractivity contribution < 1.29 is 18.0 Å². The number of hydrogen-bond acceptors (Lipinski definition) is 4. The number of carbonyl (C=O) groups is 2. The normalized spacial score (nSPS) is 12.2. The van der Waals surface area contributed by atoms with Gasteiger partial charge in [-0.25, -0.2) is 8.42 Å². The van der Waals surface area contributed by atoms with Crippen molar-refractivity contribution in [3.05, 3.63) is 96.1 Å². The zero-order valence-electron chi connectivity index (χ0n) is 19.3. The van der Waals surface area contributed by atoms with Crippen LogP contribution in [0.1, 0.15) is 29.8 Å². The highest BCUT2D eigenvalue weighted by Crippen LogP contribution is 2.19. The van der Waals surface area contributed by atoms with Crippen LogP contribution in [0.5, 0.6) is 0 Å². The summed E-state index contributed by atoms with van der Waals surface area (Å²) in [5, 5.41) is 5.61. The second-order valence-electron chi connectivity index (χ2n) is 7.68. The fourth-order valence-electron chi connectivity index (χ4n) is 3.54. The van der Waals surface area contributed by atoms with Gasteiger partial charge in [0.2, 0.25) is 15.9 Å². The van der Waals surface area contributed by atoms with Gasteiger partial charge in [-0.05, 0) is 42.0 Å². The van der Waals surface area contributed by atoms with Gasteiger partial charge in [0.15, 0.2) is 0 Å². The highest BCUT2D eigenvalue weighted by atomic mass is 32.2. The number of hydrogen-bond donors (Lipinski definition) is 2. The summed E-state index contributed by atoms with van der Waals surface area (Å²) in [5.74, 6) is -0.746. The molecule has 0 bridgehead atoms. The maximum atomic E-state index is 13.1. The Hall–Kier alpha value is -3.49. The predicted octanol–water partition coefficient (Wildman–Crippen LogP) is 3.70. The van der Waals surface area contributed by atoms with Crippen LogP contribution in [0, 0.1) is 0 Å². The Morgan fingerprint density at radius 2 is 1.38 bits per heavy atom. The minimum absolute atomic E-state index is 0.160. The Balaban J connectivity index is 1.77. The van der Waals surface area contributed by atoms with Crippen molar-refractivity contribution in [1.29, 1.82) is 0 Å². The molecule has 34 heavy (non-hydrogen) atoms. The Bertz CT molecular complexity index is 1190. The highest BCUT2D eigenvalue weighted by molar-refractivity contribution is 7.89. The van der Waals surface area contributed by atoms with Crippen molar-refractivity contribution in [2.24, 2.45) is 0 Å². The van der Waals surface area contributed by atoms with Crippen LogP contribution in [0.4, 0.5) is 5.69 Å². The highest BCUT2D eigenvalue weighted by Gasteiger charge is 2.24. The van der Waals surface area contributed by atoms with Crippen molar-refractivity contribution in [2.45, 2.75) is 31.2 Å². The molecular weight excluding hydrogens is 450 g/mol. The lowest BCUT2D eigenvalue weighted by molar-refractivity contribution is -0.118. The molecule has 0 unspecified atom stereocenters. The number of nitrogens with zero attached hydrogens (tertiary/aromatic N) is 1. The predicted molar refractivity (Wildman–Crippen MR) is 133 cm³/mol. The molecule has 0 aliphatic carbocycles. The second kappa shape index (κ2) is 11.6. The molecule has 178 valence electrons. The van der Waals surface area contributed by atoms with Crippen LogP contribution < -0.4 is 10.6 Å². The fraction of sp³-hybridized carbons (Fsp3) is 0.231. The number of amides is 2. The fourth-order valence-corrected chi connectivity index (χ4v) is 5.00. The van der Waals surface area contributed by atoms with Crippen LogP contribution in [0.15, 0.2) is 89.8 Å². The third kappa shape index (κ3) is 6.30. The largest absolute Gasteiger partial charge is 0.340 e. The number of carbonyl (C=O) groups excluding carboxylic acids is 2. The molecule has 3 aromatic carbocycles. The molecule has 0 heterocycles.